The third-order valence-corrected chi connectivity index (χ3v) is 21.0. The maximum absolute atomic E-state index is 15.3. The van der Waals surface area contributed by atoms with Crippen LogP contribution >= 0.6 is 43.2 Å². The number of amides is 13. The fraction of sp³-hybridized carbons (Fsp3) is 0.460. The molecule has 556 valence electrons. The number of carboxylic acids is 1. The highest BCUT2D eigenvalue weighted by Crippen LogP contribution is 2.26. The molecule has 13 atom stereocenters. The fourth-order valence-corrected chi connectivity index (χ4v) is 15.0. The lowest BCUT2D eigenvalue weighted by Gasteiger charge is -2.28. The Morgan fingerprint density at radius 3 is 1.64 bits per heavy atom. The van der Waals surface area contributed by atoms with E-state index in [-0.39, 0.29) is 54.3 Å². The van der Waals surface area contributed by atoms with Gasteiger partial charge in [-0.1, -0.05) is 87.4 Å². The number of nitrogens with one attached hydrogen (secondary N) is 15. The average Bonchev–Trinajstić information content (AvgIpc) is 1.71. The molecule has 5 aromatic rings. The summed E-state index contributed by atoms with van der Waals surface area (Å²) in [4.78, 5) is 215. The number of nitrogens with zero attached hydrogens (tertiary/aromatic N) is 2. The molecular formula is C63H83N19O17S4. The lowest BCUT2D eigenvalue weighted by molar-refractivity contribution is -0.138. The molecule has 0 aliphatic carbocycles. The van der Waals surface area contributed by atoms with E-state index in [9.17, 15) is 72.9 Å². The van der Waals surface area contributed by atoms with Gasteiger partial charge in [-0.25, -0.2) is 9.97 Å². The summed E-state index contributed by atoms with van der Waals surface area (Å²) in [5.74, 6) is -16.6. The first-order valence-electron chi connectivity index (χ1n) is 32.4. The summed E-state index contributed by atoms with van der Waals surface area (Å²) in [6, 6.07) is -6.55. The molecule has 13 amide bonds. The number of phenolic OH excluding ortho intramolecular Hbond substituents is 1. The van der Waals surface area contributed by atoms with Crippen molar-refractivity contribution in [3.8, 4) is 5.75 Å². The van der Waals surface area contributed by atoms with Gasteiger partial charge in [-0.15, -0.1) is 0 Å². The molecule has 2 aliphatic rings. The topological polar surface area (TPSA) is 569 Å². The molecule has 36 nitrogen and oxygen atoms in total. The van der Waals surface area contributed by atoms with Crippen LogP contribution in [-0.2, 0) is 92.8 Å². The quantitative estimate of drug-likeness (QED) is 0.0467. The van der Waals surface area contributed by atoms with Gasteiger partial charge >= 0.3 is 5.97 Å². The Morgan fingerprint density at radius 2 is 1.06 bits per heavy atom. The van der Waals surface area contributed by atoms with E-state index in [1.165, 1.54) is 63.2 Å². The number of H-pyrrole nitrogens is 3. The number of aromatic amines is 3. The molecule has 0 saturated carbocycles. The molecule has 2 bridgehead atoms. The Kier molecular flexibility index (Phi) is 30.4. The van der Waals surface area contributed by atoms with Gasteiger partial charge in [0.15, 0.2) is 0 Å². The lowest BCUT2D eigenvalue weighted by Crippen LogP contribution is -2.62. The summed E-state index contributed by atoms with van der Waals surface area (Å²) >= 11 is 0. The van der Waals surface area contributed by atoms with E-state index in [0.717, 1.165) is 43.2 Å². The van der Waals surface area contributed by atoms with Gasteiger partial charge in [0.2, 0.25) is 76.8 Å². The number of rotatable bonds is 14. The molecule has 103 heavy (non-hydrogen) atoms. The van der Waals surface area contributed by atoms with Crippen molar-refractivity contribution in [1.29, 1.82) is 0 Å². The summed E-state index contributed by atoms with van der Waals surface area (Å²) in [7, 11) is 3.62. The number of carbonyl (C=O) groups excluding carboxylic acids is 13. The predicted molar refractivity (Wildman–Crippen MR) is 379 cm³/mol. The van der Waals surface area contributed by atoms with Crippen molar-refractivity contribution in [3.05, 3.63) is 102 Å². The number of carboxylic acid groups (broad SMARTS) is 1. The van der Waals surface area contributed by atoms with E-state index in [1.807, 2.05) is 0 Å². The van der Waals surface area contributed by atoms with E-state index in [4.69, 9.17) is 11.5 Å². The number of aliphatic hydroxyl groups is 1. The summed E-state index contributed by atoms with van der Waals surface area (Å²) in [6.45, 7) is 4.75. The second-order valence-electron chi connectivity index (χ2n) is 24.5. The Morgan fingerprint density at radius 1 is 0.544 bits per heavy atom. The van der Waals surface area contributed by atoms with Gasteiger partial charge < -0.3 is 106 Å². The number of carbonyl (C=O) groups is 14. The maximum Gasteiger partial charge on any atom is 0.303 e. The van der Waals surface area contributed by atoms with Crippen molar-refractivity contribution in [2.75, 3.05) is 29.6 Å². The first kappa shape index (κ1) is 80.4. The zero-order valence-corrected chi connectivity index (χ0v) is 59.4. The molecule has 0 spiro atoms. The second-order valence-corrected chi connectivity index (χ2v) is 29.6. The normalized spacial score (nSPS) is 25.7. The van der Waals surface area contributed by atoms with E-state index < -0.39 is 198 Å². The molecule has 2 saturated heterocycles. The minimum atomic E-state index is -1.84. The molecule has 22 N–H and O–H groups in total. The van der Waals surface area contributed by atoms with Crippen molar-refractivity contribution in [2.45, 2.75) is 145 Å². The molecular weight excluding hydrogens is 1420 g/mol. The average molecular weight is 1510 g/mol. The summed E-state index contributed by atoms with van der Waals surface area (Å²) in [5, 5.41) is 62.1. The highest BCUT2D eigenvalue weighted by molar-refractivity contribution is 8.77. The van der Waals surface area contributed by atoms with Crippen LogP contribution < -0.4 is 75.3 Å². The van der Waals surface area contributed by atoms with Gasteiger partial charge in [-0.3, -0.25) is 67.1 Å². The number of para-hydroxylation sites is 1. The number of aromatic nitrogens is 5. The summed E-state index contributed by atoms with van der Waals surface area (Å²) in [5.41, 5.74) is 14.0. The molecule has 0 radical (unpaired) electrons. The van der Waals surface area contributed by atoms with Gasteiger partial charge in [0, 0.05) is 96.0 Å². The molecule has 2 fully saturated rings. The Hall–Kier alpha value is -9.90. The number of fused-ring (bicyclic) bond motifs is 6. The molecule has 7 rings (SSSR count). The molecule has 3 aromatic heterocycles. The van der Waals surface area contributed by atoms with Crippen LogP contribution in [0.4, 0.5) is 0 Å². The SMILES string of the molecule is CC(C)[C@@H]1NC(=O)[C@@H](N)CSSC[C@@H](C(N)=O)NC(=O)[C@H]([C@@H](C)O)NC(=O)[C@H](Cc2c[nH]c3ccccc23)NC(=O)[C@@H]2CSSC[C@H](NC(=O)[C@H](Cc3ccc(O)cc3)NC(=O)[C@H](C)NC1=O)C(=O)NCC(=O)N[C@@H](CCC(=O)O)C(=O)N[C@@H](Cc1cnc[nH]1)C(=O)N[C@@H](Cc1cnc[nH]1)C(=O)N2. The summed E-state index contributed by atoms with van der Waals surface area (Å²) in [6.07, 6.45) is 2.50. The van der Waals surface area contributed by atoms with Crippen molar-refractivity contribution < 1.29 is 82.4 Å². The fourth-order valence-electron chi connectivity index (χ4n) is 10.4. The lowest BCUT2D eigenvalue weighted by atomic mass is 10.0. The van der Waals surface area contributed by atoms with Gasteiger partial charge in [0.05, 0.1) is 31.3 Å². The molecule has 40 heteroatoms. The van der Waals surface area contributed by atoms with Gasteiger partial charge in [-0.2, -0.15) is 0 Å². The first-order chi connectivity index (χ1) is 49.0. The van der Waals surface area contributed by atoms with E-state index in [2.05, 4.69) is 88.7 Å². The van der Waals surface area contributed by atoms with Crippen LogP contribution in [0.1, 0.15) is 63.1 Å². The Labute approximate surface area is 604 Å². The minimum absolute atomic E-state index is 0.131. The number of hydrogen-bond donors (Lipinski definition) is 20. The Bertz CT molecular complexity index is 3830. The van der Waals surface area contributed by atoms with Crippen molar-refractivity contribution in [2.24, 2.45) is 17.4 Å². The second kappa shape index (κ2) is 38.9. The number of aliphatic carboxylic acids is 1. The van der Waals surface area contributed by atoms with Crippen molar-refractivity contribution in [1.82, 2.24) is 88.7 Å². The molecule has 2 aromatic carbocycles. The van der Waals surface area contributed by atoms with Crippen LogP contribution in [0.3, 0.4) is 0 Å². The van der Waals surface area contributed by atoms with Crippen molar-refractivity contribution in [3.63, 3.8) is 0 Å². The van der Waals surface area contributed by atoms with Gasteiger partial charge in [0.1, 0.15) is 72.2 Å². The number of imidazole rings is 2. The smallest absolute Gasteiger partial charge is 0.303 e. The zero-order chi connectivity index (χ0) is 75.0. The molecule has 0 unspecified atom stereocenters. The summed E-state index contributed by atoms with van der Waals surface area (Å²) < 4.78 is 0. The van der Waals surface area contributed by atoms with Crippen LogP contribution in [-0.4, -0.2) is 231 Å². The van der Waals surface area contributed by atoms with Gasteiger partial charge in [0.25, 0.3) is 0 Å². The monoisotopic (exact) mass is 1510 g/mol. The highest BCUT2D eigenvalue weighted by Gasteiger charge is 2.38. The maximum atomic E-state index is 15.3. The number of benzene rings is 2. The Balaban J connectivity index is 1.33. The number of aromatic hydroxyl groups is 1. The van der Waals surface area contributed by atoms with Crippen LogP contribution in [0, 0.1) is 5.92 Å². The standard InChI is InChI=1S/C63H83N19O17S4/c1-29(2)50-62(98)72-30(3)53(89)74-41(15-32-9-11-36(84)12-10-32)57(93)79-46-25-102-103-26-47(80-59(95)44(18-35-21-67-28-71-35)77-58(94)43(17-34-20-66-27-70-34)76-56(92)40(13-14-49(86)87)73-48(85)22-69-55(46)91)61(97)75-42(16-33-19-68-39-8-6-5-7-37(33)39)60(96)82-51(31(4)83)63(99)78-45(52(65)88)24-101-100-23-38(64)54(90)81-50/h5-12,19-21,27-31,38,40-47,50-51,68,83-84H,13-18,22-26,64H2,1-4H3,(H2,65,88)(H,66,70)(H,67,71)(H,69,91)(H,72,98)(H,73,85)(H,74,89)(H,75,97)(H,76,92)(H,77,94)(H,78,99)(H,79,93)(H,80,95)(H,81,90)(H,82,96)(H,86,87)/t30-,31+,38-,40-,41-,42-,43-,44-,45-,46-,47-,50-,51-/m0/s1. The van der Waals surface area contributed by atoms with Crippen LogP contribution in [0.15, 0.2) is 79.8 Å². The minimum Gasteiger partial charge on any atom is -0.508 e. The molecule has 5 heterocycles. The van der Waals surface area contributed by atoms with E-state index in [0.29, 0.717) is 22.0 Å². The van der Waals surface area contributed by atoms with Crippen LogP contribution in [0.2, 0.25) is 0 Å². The number of hydrogen-bond acceptors (Lipinski definition) is 23. The highest BCUT2D eigenvalue weighted by atomic mass is 33.1. The number of nitrogens with two attached hydrogens (primary N) is 2. The van der Waals surface area contributed by atoms with E-state index in [1.54, 1.807) is 44.3 Å². The van der Waals surface area contributed by atoms with E-state index >= 15 is 9.59 Å². The zero-order valence-electron chi connectivity index (χ0n) is 56.1. The van der Waals surface area contributed by atoms with Gasteiger partial charge in [-0.05, 0) is 55.5 Å². The largest absolute Gasteiger partial charge is 0.508 e. The predicted octanol–water partition coefficient (Wildman–Crippen LogP) is -4.44. The third kappa shape index (κ3) is 24.7. The number of aliphatic hydroxyl groups excluding tert-OH is 1. The van der Waals surface area contributed by atoms with Crippen LogP contribution in [0.25, 0.3) is 10.9 Å². The number of phenols is 1. The van der Waals surface area contributed by atoms with Crippen LogP contribution in [0.5, 0.6) is 5.75 Å². The first-order valence-corrected chi connectivity index (χ1v) is 37.3. The third-order valence-electron chi connectivity index (χ3n) is 16.1. The molecule has 2 aliphatic heterocycles. The van der Waals surface area contributed by atoms with Crippen molar-refractivity contribution >= 4 is 137 Å². The number of primary amides is 1.